The Kier molecular flexibility index (Phi) is 3.35. The predicted octanol–water partition coefficient (Wildman–Crippen LogP) is 3.87. The molecule has 1 aliphatic rings. The molecule has 0 aliphatic carbocycles. The van der Waals surface area contributed by atoms with Gasteiger partial charge in [-0.25, -0.2) is 0 Å². The molecule has 0 saturated carbocycles. The highest BCUT2D eigenvalue weighted by Crippen LogP contribution is 2.33. The van der Waals surface area contributed by atoms with Crippen molar-refractivity contribution < 1.29 is 4.74 Å². The van der Waals surface area contributed by atoms with E-state index in [1.165, 1.54) is 0 Å². The lowest BCUT2D eigenvalue weighted by Gasteiger charge is -2.17. The van der Waals surface area contributed by atoms with Crippen LogP contribution in [0.3, 0.4) is 0 Å². The molecular weight excluding hydrogens is 324 g/mol. The lowest BCUT2D eigenvalue weighted by Crippen LogP contribution is -2.14. The Balaban J connectivity index is 1.87. The van der Waals surface area contributed by atoms with Crippen LogP contribution in [0.4, 0.5) is 0 Å². The van der Waals surface area contributed by atoms with E-state index >= 15 is 0 Å². The number of aromatic nitrogens is 2. The fourth-order valence-electron chi connectivity index (χ4n) is 3.62. The highest BCUT2D eigenvalue weighted by Gasteiger charge is 2.20. The first-order valence-corrected chi connectivity index (χ1v) is 8.60. The van der Waals surface area contributed by atoms with Crippen LogP contribution in [0.5, 0.6) is 5.75 Å². The van der Waals surface area contributed by atoms with Gasteiger partial charge in [0.1, 0.15) is 12.4 Å². The molecule has 0 saturated heterocycles. The fourth-order valence-corrected chi connectivity index (χ4v) is 3.62. The summed E-state index contributed by atoms with van der Waals surface area (Å²) in [6.07, 6.45) is 2.36. The molecule has 126 valence electrons. The topological polar surface area (TPSA) is 44.1 Å². The molecule has 26 heavy (non-hydrogen) atoms. The van der Waals surface area contributed by atoms with Crippen molar-refractivity contribution in [1.82, 2.24) is 9.55 Å². The summed E-state index contributed by atoms with van der Waals surface area (Å²) in [4.78, 5) is 17.2. The highest BCUT2D eigenvalue weighted by molar-refractivity contribution is 5.85. The van der Waals surface area contributed by atoms with Crippen LogP contribution in [0.2, 0.25) is 0 Å². The summed E-state index contributed by atoms with van der Waals surface area (Å²) in [5.41, 5.74) is 4.76. The van der Waals surface area contributed by atoms with E-state index in [4.69, 9.17) is 4.74 Å². The third kappa shape index (κ3) is 2.30. The molecule has 0 N–H and O–H groups in total. The van der Waals surface area contributed by atoms with E-state index in [0.717, 1.165) is 33.9 Å². The normalized spacial score (nSPS) is 12.3. The minimum Gasteiger partial charge on any atom is -0.487 e. The molecule has 4 aromatic rings. The van der Waals surface area contributed by atoms with Crippen molar-refractivity contribution in [3.63, 3.8) is 0 Å². The first-order valence-electron chi connectivity index (χ1n) is 8.60. The van der Waals surface area contributed by atoms with Crippen LogP contribution in [-0.2, 0) is 13.0 Å². The second-order valence-corrected chi connectivity index (χ2v) is 6.40. The zero-order valence-corrected chi connectivity index (χ0v) is 14.1. The lowest BCUT2D eigenvalue weighted by molar-refractivity contribution is 0.309. The number of hydrogen-bond donors (Lipinski definition) is 0. The Morgan fingerprint density at radius 1 is 1.00 bits per heavy atom. The SMILES string of the molecule is O=c1cc(Cc2ccccn2)n2c3c(cccc13)COc1ccccc1-2. The molecule has 4 heteroatoms. The molecule has 0 amide bonds. The van der Waals surface area contributed by atoms with E-state index in [0.29, 0.717) is 18.4 Å². The van der Waals surface area contributed by atoms with Crippen LogP contribution in [-0.4, -0.2) is 9.55 Å². The van der Waals surface area contributed by atoms with Crippen molar-refractivity contribution >= 4 is 10.9 Å². The zero-order chi connectivity index (χ0) is 17.5. The Bertz CT molecular complexity index is 1180. The fraction of sp³-hybridized carbons (Fsp3) is 0.0909. The van der Waals surface area contributed by atoms with Crippen LogP contribution in [0.15, 0.2) is 77.7 Å². The number of ether oxygens (including phenoxy) is 1. The minimum absolute atomic E-state index is 0.0309. The second-order valence-electron chi connectivity index (χ2n) is 6.40. The van der Waals surface area contributed by atoms with Crippen LogP contribution in [0.1, 0.15) is 17.0 Å². The van der Waals surface area contributed by atoms with E-state index in [-0.39, 0.29) is 5.43 Å². The monoisotopic (exact) mass is 340 g/mol. The van der Waals surface area contributed by atoms with Gasteiger partial charge in [-0.3, -0.25) is 9.78 Å². The van der Waals surface area contributed by atoms with Crippen molar-refractivity contribution in [3.05, 3.63) is 100 Å². The average Bonchev–Trinajstić information content (AvgIpc) is 2.85. The third-order valence-corrected chi connectivity index (χ3v) is 4.77. The minimum atomic E-state index is 0.0309. The van der Waals surface area contributed by atoms with Gasteiger partial charge < -0.3 is 9.30 Å². The van der Waals surface area contributed by atoms with E-state index in [2.05, 4.69) is 9.55 Å². The van der Waals surface area contributed by atoms with Crippen molar-refractivity contribution in [1.29, 1.82) is 0 Å². The first kappa shape index (κ1) is 14.9. The summed E-state index contributed by atoms with van der Waals surface area (Å²) in [5.74, 6) is 0.816. The number of nitrogens with zero attached hydrogens (tertiary/aromatic N) is 2. The van der Waals surface area contributed by atoms with E-state index in [1.807, 2.05) is 60.7 Å². The summed E-state index contributed by atoms with van der Waals surface area (Å²) < 4.78 is 8.18. The predicted molar refractivity (Wildman–Crippen MR) is 101 cm³/mol. The largest absolute Gasteiger partial charge is 0.487 e. The molecule has 0 radical (unpaired) electrons. The lowest BCUT2D eigenvalue weighted by atomic mass is 10.1. The zero-order valence-electron chi connectivity index (χ0n) is 14.1. The molecule has 0 bridgehead atoms. The molecule has 2 aromatic carbocycles. The summed E-state index contributed by atoms with van der Waals surface area (Å²) in [5, 5.41) is 0.715. The van der Waals surface area contributed by atoms with Gasteiger partial charge in [-0.05, 0) is 30.3 Å². The van der Waals surface area contributed by atoms with Crippen molar-refractivity contribution in [2.75, 3.05) is 0 Å². The van der Waals surface area contributed by atoms with Crippen LogP contribution in [0, 0.1) is 0 Å². The third-order valence-electron chi connectivity index (χ3n) is 4.77. The van der Waals surface area contributed by atoms with Gasteiger partial charge in [0, 0.05) is 41.0 Å². The van der Waals surface area contributed by atoms with Crippen molar-refractivity contribution in [3.8, 4) is 11.4 Å². The quantitative estimate of drug-likeness (QED) is 0.556. The van der Waals surface area contributed by atoms with Gasteiger partial charge >= 0.3 is 0 Å². The van der Waals surface area contributed by atoms with Gasteiger partial charge in [0.15, 0.2) is 5.43 Å². The van der Waals surface area contributed by atoms with Crippen LogP contribution < -0.4 is 10.2 Å². The van der Waals surface area contributed by atoms with Gasteiger partial charge in [0.05, 0.1) is 11.2 Å². The Labute approximate surface area is 150 Å². The van der Waals surface area contributed by atoms with E-state index in [1.54, 1.807) is 12.3 Å². The summed E-state index contributed by atoms with van der Waals surface area (Å²) >= 11 is 0. The molecule has 0 unspecified atom stereocenters. The van der Waals surface area contributed by atoms with Crippen LogP contribution in [0.25, 0.3) is 16.6 Å². The summed E-state index contributed by atoms with van der Waals surface area (Å²) in [6.45, 7) is 0.445. The number of hydrogen-bond acceptors (Lipinski definition) is 3. The van der Waals surface area contributed by atoms with Gasteiger partial charge in [-0.2, -0.15) is 0 Å². The molecule has 4 nitrogen and oxygen atoms in total. The second kappa shape index (κ2) is 5.85. The van der Waals surface area contributed by atoms with Gasteiger partial charge in [0.25, 0.3) is 0 Å². The molecule has 3 heterocycles. The van der Waals surface area contributed by atoms with Crippen molar-refractivity contribution in [2.45, 2.75) is 13.0 Å². The molecular formula is C22H16N2O2. The molecule has 2 aromatic heterocycles. The van der Waals surface area contributed by atoms with Gasteiger partial charge in [0.2, 0.25) is 0 Å². The molecule has 0 fully saturated rings. The Morgan fingerprint density at radius 2 is 1.88 bits per heavy atom. The molecule has 0 atom stereocenters. The number of fused-ring (bicyclic) bond motifs is 2. The van der Waals surface area contributed by atoms with Crippen molar-refractivity contribution in [2.24, 2.45) is 0 Å². The molecule has 5 rings (SSSR count). The van der Waals surface area contributed by atoms with E-state index < -0.39 is 0 Å². The molecule has 1 aliphatic heterocycles. The standard InChI is InChI=1S/C22H16N2O2/c25-20-13-17(12-16-7-3-4-11-23-16)24-19-9-1-2-10-21(19)26-14-15-6-5-8-18(20)22(15)24/h1-11,13H,12,14H2. The maximum atomic E-state index is 12.8. The van der Waals surface area contributed by atoms with Crippen LogP contribution >= 0.6 is 0 Å². The highest BCUT2D eigenvalue weighted by atomic mass is 16.5. The number of pyridine rings is 2. The van der Waals surface area contributed by atoms with E-state index in [9.17, 15) is 4.79 Å². The van der Waals surface area contributed by atoms with Gasteiger partial charge in [-0.1, -0.05) is 30.3 Å². The Hall–Kier alpha value is -3.40. The van der Waals surface area contributed by atoms with Gasteiger partial charge in [-0.15, -0.1) is 0 Å². The molecule has 0 spiro atoms. The number of benzene rings is 2. The first-order chi connectivity index (χ1) is 12.8. The maximum absolute atomic E-state index is 12.8. The smallest absolute Gasteiger partial charge is 0.189 e. The summed E-state index contributed by atoms with van der Waals surface area (Å²) in [6, 6.07) is 21.3. The average molecular weight is 340 g/mol. The summed E-state index contributed by atoms with van der Waals surface area (Å²) in [7, 11) is 0. The number of rotatable bonds is 2. The Morgan fingerprint density at radius 3 is 2.77 bits per heavy atom. The number of para-hydroxylation sites is 3. The maximum Gasteiger partial charge on any atom is 0.189 e.